The van der Waals surface area contributed by atoms with Crippen molar-refractivity contribution in [3.8, 4) is 18.9 Å². The molecule has 0 spiro atoms. The number of rotatable bonds is 2. The van der Waals surface area contributed by atoms with Gasteiger partial charge in [0.05, 0.1) is 48.2 Å². The maximum atomic E-state index is 13.3. The minimum atomic E-state index is -4.79. The fraction of sp³-hybridized carbons (Fsp3) is 0.429. The van der Waals surface area contributed by atoms with Gasteiger partial charge in [-0.2, -0.15) is 18.4 Å². The Bertz CT molecular complexity index is 1070. The van der Waals surface area contributed by atoms with Crippen LogP contribution in [0.2, 0.25) is 0 Å². The summed E-state index contributed by atoms with van der Waals surface area (Å²) in [6, 6.07) is 3.88. The van der Waals surface area contributed by atoms with E-state index in [9.17, 15) is 26.4 Å². The van der Waals surface area contributed by atoms with E-state index in [1.54, 1.807) is 0 Å². The van der Waals surface area contributed by atoms with Gasteiger partial charge in [-0.25, -0.2) is 13.2 Å². The smallest absolute Gasteiger partial charge is 0.417 e. The molecule has 1 amide bonds. The number of benzene rings is 1. The first-order valence-corrected chi connectivity index (χ1v) is 11.0. The zero-order valence-electron chi connectivity index (χ0n) is 17.6. The van der Waals surface area contributed by atoms with Crippen LogP contribution < -0.4 is 9.62 Å². The molecule has 33 heavy (non-hydrogen) atoms. The number of ether oxygens (including phenoxy) is 2. The van der Waals surface area contributed by atoms with E-state index in [0.717, 1.165) is 10.4 Å². The third-order valence-electron chi connectivity index (χ3n) is 5.66. The van der Waals surface area contributed by atoms with E-state index in [-0.39, 0.29) is 18.7 Å². The first-order chi connectivity index (χ1) is 15.6. The first kappa shape index (κ1) is 26.0. The van der Waals surface area contributed by atoms with Gasteiger partial charge in [-0.1, -0.05) is 0 Å². The number of nitriles is 1. The Hall–Kier alpha value is -3.22. The highest BCUT2D eigenvalue weighted by Gasteiger charge is 2.64. The number of hydrogen-bond acceptors (Lipinski definition) is 6. The molecule has 0 aliphatic carbocycles. The highest BCUT2D eigenvalue weighted by Crippen LogP contribution is 2.49. The van der Waals surface area contributed by atoms with E-state index in [2.05, 4.69) is 36.1 Å². The van der Waals surface area contributed by atoms with Gasteiger partial charge in [-0.05, 0) is 24.6 Å². The summed E-state index contributed by atoms with van der Waals surface area (Å²) in [4.78, 5) is 11.5. The largest absolute Gasteiger partial charge is 0.453 e. The van der Waals surface area contributed by atoms with Crippen LogP contribution in [0, 0.1) is 30.1 Å². The summed E-state index contributed by atoms with van der Waals surface area (Å²) in [5.41, 5.74) is -1.92. The highest BCUT2D eigenvalue weighted by molar-refractivity contribution is 7.93. The minimum absolute atomic E-state index is 0.0727. The van der Waals surface area contributed by atoms with Crippen molar-refractivity contribution in [2.24, 2.45) is 5.92 Å². The number of methoxy groups -OCH3 is 1. The number of carbonyl (C=O) groups is 1. The molecule has 3 saturated heterocycles. The van der Waals surface area contributed by atoms with Crippen molar-refractivity contribution < 1.29 is 35.9 Å². The molecule has 0 saturated carbocycles. The molecule has 8 nitrogen and oxygen atoms in total. The Morgan fingerprint density at radius 3 is 2.55 bits per heavy atom. The highest BCUT2D eigenvalue weighted by atomic mass is 32.2. The van der Waals surface area contributed by atoms with Gasteiger partial charge < -0.3 is 14.8 Å². The Labute approximate surface area is 190 Å². The monoisotopic (exact) mass is 485 g/mol. The third-order valence-corrected chi connectivity index (χ3v) is 7.97. The molecule has 5 atom stereocenters. The zero-order valence-corrected chi connectivity index (χ0v) is 18.4. The van der Waals surface area contributed by atoms with Crippen LogP contribution in [0.15, 0.2) is 31.4 Å². The van der Waals surface area contributed by atoms with Crippen LogP contribution in [0.4, 0.5) is 23.7 Å². The molecule has 3 fully saturated rings. The average molecular weight is 485 g/mol. The van der Waals surface area contributed by atoms with E-state index >= 15 is 0 Å². The summed E-state index contributed by atoms with van der Waals surface area (Å²) >= 11 is 0. The van der Waals surface area contributed by atoms with Crippen LogP contribution in [-0.2, 0) is 25.7 Å². The molecule has 0 radical (unpaired) electrons. The van der Waals surface area contributed by atoms with Crippen LogP contribution in [0.5, 0.6) is 0 Å². The van der Waals surface area contributed by atoms with Crippen molar-refractivity contribution in [3.05, 3.63) is 42.5 Å². The number of halogens is 3. The Morgan fingerprint density at radius 2 is 2.00 bits per heavy atom. The van der Waals surface area contributed by atoms with Gasteiger partial charge in [0, 0.05) is 12.5 Å². The molecule has 3 heterocycles. The topological polar surface area (TPSA) is 109 Å². The molecule has 3 aliphatic rings. The summed E-state index contributed by atoms with van der Waals surface area (Å²) in [6.45, 7) is 5.93. The molecular formula is C21H22F3N3O5S. The standard InChI is InChI=1S/C17H16F3N3O5S.C2H4.C2H2/c1-27-16(24)22-12-5-13-15-10(14(12)28-13)7-23(29(15,25)26)9-3-2-8(6-21)11(4-9)17(18,19)20;2*1-2/h2-4,10,12-15H,5,7H2,1H3,(H,22,24);1-2H2;1-2H/t10?,12-,13-,14-,15?;;/m1../s1. The van der Waals surface area contributed by atoms with Gasteiger partial charge in [0.2, 0.25) is 10.0 Å². The van der Waals surface area contributed by atoms with Gasteiger partial charge in [0.15, 0.2) is 0 Å². The first-order valence-electron chi connectivity index (χ1n) is 9.54. The van der Waals surface area contributed by atoms with Crippen LogP contribution in [-0.4, -0.2) is 51.7 Å². The molecule has 12 heteroatoms. The lowest BCUT2D eigenvalue weighted by molar-refractivity contribution is -0.137. The summed E-state index contributed by atoms with van der Waals surface area (Å²) in [6.07, 6.45) is 1.57. The summed E-state index contributed by atoms with van der Waals surface area (Å²) in [5.74, 6) is -0.508. The molecule has 2 bridgehead atoms. The van der Waals surface area contributed by atoms with Crippen molar-refractivity contribution in [2.75, 3.05) is 18.0 Å². The van der Waals surface area contributed by atoms with E-state index < -0.39 is 62.8 Å². The zero-order chi connectivity index (χ0) is 25.1. The number of nitrogens with one attached hydrogen (secondary N) is 1. The number of amides is 1. The quantitative estimate of drug-likeness (QED) is 0.510. The Morgan fingerprint density at radius 1 is 1.36 bits per heavy atom. The van der Waals surface area contributed by atoms with Gasteiger partial charge in [0.25, 0.3) is 0 Å². The van der Waals surface area contributed by atoms with Crippen LogP contribution >= 0.6 is 0 Å². The number of carbonyl (C=O) groups excluding carboxylic acids is 1. The average Bonchev–Trinajstić information content (AvgIpc) is 3.45. The number of alkyl carbamates (subject to hydrolysis) is 1. The van der Waals surface area contributed by atoms with Crippen LogP contribution in [0.1, 0.15) is 17.5 Å². The second-order valence-corrected chi connectivity index (χ2v) is 9.18. The van der Waals surface area contributed by atoms with E-state index in [1.807, 2.05) is 0 Å². The molecule has 1 aromatic carbocycles. The van der Waals surface area contributed by atoms with Crippen LogP contribution in [0.3, 0.4) is 0 Å². The molecule has 178 valence electrons. The van der Waals surface area contributed by atoms with Crippen LogP contribution in [0.25, 0.3) is 0 Å². The lowest BCUT2D eigenvalue weighted by Gasteiger charge is -2.25. The molecule has 1 aromatic rings. The van der Waals surface area contributed by atoms with Crippen molar-refractivity contribution in [2.45, 2.75) is 36.1 Å². The lowest BCUT2D eigenvalue weighted by atomic mass is 9.85. The molecular weight excluding hydrogens is 463 g/mol. The molecule has 3 aliphatic heterocycles. The van der Waals surface area contributed by atoms with E-state index in [1.165, 1.54) is 19.2 Å². The molecule has 1 N–H and O–H groups in total. The SMILES string of the molecule is C#C.C=C.COC(=O)N[C@@H]1C[C@H]2O[C@@H]1C1CN(c3ccc(C#N)c(C(F)(F)F)c3)S(=O)(=O)C12. The summed E-state index contributed by atoms with van der Waals surface area (Å²) < 4.78 is 77.2. The van der Waals surface area contributed by atoms with E-state index in [0.29, 0.717) is 6.07 Å². The number of nitrogens with zero attached hydrogens (tertiary/aromatic N) is 2. The van der Waals surface area contributed by atoms with Gasteiger partial charge in [-0.15, -0.1) is 26.0 Å². The summed E-state index contributed by atoms with van der Waals surface area (Å²) in [5, 5.41) is 10.6. The van der Waals surface area contributed by atoms with Gasteiger partial charge in [0.1, 0.15) is 5.25 Å². The minimum Gasteiger partial charge on any atom is -0.453 e. The number of anilines is 1. The van der Waals surface area contributed by atoms with Gasteiger partial charge >= 0.3 is 12.3 Å². The van der Waals surface area contributed by atoms with E-state index in [4.69, 9.17) is 10.00 Å². The van der Waals surface area contributed by atoms with Crippen molar-refractivity contribution in [3.63, 3.8) is 0 Å². The number of fused-ring (bicyclic) bond motifs is 5. The number of alkyl halides is 3. The van der Waals surface area contributed by atoms with Crippen molar-refractivity contribution in [1.82, 2.24) is 5.32 Å². The molecule has 0 aromatic heterocycles. The lowest BCUT2D eigenvalue weighted by Crippen LogP contribution is -2.48. The predicted octanol–water partition coefficient (Wildman–Crippen LogP) is 2.66. The Kier molecular flexibility index (Phi) is 7.68. The summed E-state index contributed by atoms with van der Waals surface area (Å²) in [7, 11) is -2.77. The maximum Gasteiger partial charge on any atom is 0.417 e. The second-order valence-electron chi connectivity index (χ2n) is 7.16. The number of sulfonamides is 1. The molecule has 2 unspecified atom stereocenters. The normalized spacial score (nSPS) is 28.3. The van der Waals surface area contributed by atoms with Crippen molar-refractivity contribution in [1.29, 1.82) is 5.26 Å². The Balaban J connectivity index is 0.000000914. The maximum absolute atomic E-state index is 13.3. The predicted molar refractivity (Wildman–Crippen MR) is 113 cm³/mol. The van der Waals surface area contributed by atoms with Crippen molar-refractivity contribution >= 4 is 21.8 Å². The second kappa shape index (κ2) is 9.73. The molecule has 4 rings (SSSR count). The fourth-order valence-electron chi connectivity index (χ4n) is 4.50. The number of terminal acetylenes is 1. The number of hydrogen-bond donors (Lipinski definition) is 1. The fourth-order valence-corrected chi connectivity index (χ4v) is 6.82. The third kappa shape index (κ3) is 4.49. The van der Waals surface area contributed by atoms with Gasteiger partial charge in [-0.3, -0.25) is 4.31 Å².